The maximum absolute atomic E-state index is 15.0. The van der Waals surface area contributed by atoms with E-state index in [-0.39, 0.29) is 17.0 Å². The number of hydrogen-bond donors (Lipinski definition) is 0. The van der Waals surface area contributed by atoms with Crippen molar-refractivity contribution in [1.29, 1.82) is 0 Å². The van der Waals surface area contributed by atoms with Gasteiger partial charge in [-0.25, -0.2) is 30.7 Å². The third-order valence-electron chi connectivity index (χ3n) is 6.92. The molecular weight excluding hydrogens is 619 g/mol. The van der Waals surface area contributed by atoms with E-state index in [0.29, 0.717) is 56.8 Å². The molecule has 0 aromatic heterocycles. The molecule has 13 heteroatoms. The predicted molar refractivity (Wildman–Crippen MR) is 143 cm³/mol. The first kappa shape index (κ1) is 32.3. The van der Waals surface area contributed by atoms with Crippen molar-refractivity contribution in [3.8, 4) is 28.0 Å². The van der Waals surface area contributed by atoms with Gasteiger partial charge in [0.25, 0.3) is 0 Å². The quantitative estimate of drug-likeness (QED) is 0.135. The van der Waals surface area contributed by atoms with Gasteiger partial charge in [-0.15, -0.1) is 0 Å². The Balaban J connectivity index is 1.33. The Morgan fingerprint density at radius 1 is 0.689 bits per heavy atom. The van der Waals surface area contributed by atoms with E-state index in [1.807, 2.05) is 6.92 Å². The van der Waals surface area contributed by atoms with Crippen LogP contribution < -0.4 is 4.74 Å². The highest BCUT2D eigenvalue weighted by Crippen LogP contribution is 2.39. The average Bonchev–Trinajstić information content (AvgIpc) is 2.98. The van der Waals surface area contributed by atoms with Crippen molar-refractivity contribution >= 4 is 0 Å². The Morgan fingerprint density at radius 3 is 1.76 bits per heavy atom. The Kier molecular flexibility index (Phi) is 9.42. The molecule has 1 fully saturated rings. The molecule has 238 valence electrons. The summed E-state index contributed by atoms with van der Waals surface area (Å²) in [6, 6.07) is 7.54. The molecule has 0 bridgehead atoms. The van der Waals surface area contributed by atoms with E-state index < -0.39 is 81.1 Å². The molecule has 1 aliphatic rings. The molecule has 0 amide bonds. The standard InChI is InChI=1S/C32H23F9O4/c1-2-42-13-16-14-43-31(44-15-16)17-3-5-21(23(33)7-17)18-8-25(35)29(26(36)9-18)32(40,41)45-20-4-6-22(24(34)12-20)19-10-27(37)30(39)28(38)11-19/h3-12,16,31H,2,13-15H2,1H3. The van der Waals surface area contributed by atoms with Gasteiger partial charge >= 0.3 is 6.11 Å². The highest BCUT2D eigenvalue weighted by Gasteiger charge is 2.41. The molecule has 0 unspecified atom stereocenters. The molecule has 0 atom stereocenters. The number of alkyl halides is 2. The summed E-state index contributed by atoms with van der Waals surface area (Å²) in [6.07, 6.45) is -5.58. The zero-order chi connectivity index (χ0) is 32.5. The summed E-state index contributed by atoms with van der Waals surface area (Å²) < 4.78 is 151. The van der Waals surface area contributed by atoms with Crippen LogP contribution in [-0.2, 0) is 20.3 Å². The van der Waals surface area contributed by atoms with Gasteiger partial charge in [-0.3, -0.25) is 0 Å². The molecule has 0 radical (unpaired) electrons. The Labute approximate surface area is 250 Å². The number of benzene rings is 4. The number of hydrogen-bond acceptors (Lipinski definition) is 4. The largest absolute Gasteiger partial charge is 0.432 e. The van der Waals surface area contributed by atoms with Crippen molar-refractivity contribution in [1.82, 2.24) is 0 Å². The summed E-state index contributed by atoms with van der Waals surface area (Å²) in [6.45, 7) is 3.40. The Morgan fingerprint density at radius 2 is 1.22 bits per heavy atom. The molecule has 5 rings (SSSR count). The van der Waals surface area contributed by atoms with Crippen LogP contribution in [0.4, 0.5) is 39.5 Å². The molecule has 1 aliphatic heterocycles. The molecule has 4 aromatic rings. The van der Waals surface area contributed by atoms with Crippen LogP contribution in [0, 0.1) is 46.6 Å². The topological polar surface area (TPSA) is 36.9 Å². The van der Waals surface area contributed by atoms with Crippen molar-refractivity contribution in [2.45, 2.75) is 19.3 Å². The van der Waals surface area contributed by atoms with Gasteiger partial charge in [0.1, 0.15) is 34.6 Å². The lowest BCUT2D eigenvalue weighted by Crippen LogP contribution is -2.30. The summed E-state index contributed by atoms with van der Waals surface area (Å²) in [7, 11) is 0. The molecule has 4 nitrogen and oxygen atoms in total. The van der Waals surface area contributed by atoms with E-state index in [4.69, 9.17) is 14.2 Å². The van der Waals surface area contributed by atoms with E-state index >= 15 is 4.39 Å². The highest BCUT2D eigenvalue weighted by atomic mass is 19.3. The van der Waals surface area contributed by atoms with Crippen LogP contribution in [0.15, 0.2) is 60.7 Å². The van der Waals surface area contributed by atoms with Crippen LogP contribution in [0.25, 0.3) is 22.3 Å². The molecule has 45 heavy (non-hydrogen) atoms. The van der Waals surface area contributed by atoms with Crippen LogP contribution >= 0.6 is 0 Å². The van der Waals surface area contributed by atoms with Gasteiger partial charge in [0.15, 0.2) is 23.7 Å². The van der Waals surface area contributed by atoms with Gasteiger partial charge < -0.3 is 18.9 Å². The fourth-order valence-electron chi connectivity index (χ4n) is 4.74. The van der Waals surface area contributed by atoms with Crippen molar-refractivity contribution < 1.29 is 58.5 Å². The molecule has 0 aliphatic carbocycles. The Hall–Kier alpha value is -4.07. The van der Waals surface area contributed by atoms with Crippen LogP contribution in [0.5, 0.6) is 5.75 Å². The van der Waals surface area contributed by atoms with Crippen molar-refractivity contribution in [2.24, 2.45) is 5.92 Å². The molecular formula is C32H23F9O4. The number of rotatable bonds is 9. The molecule has 0 N–H and O–H groups in total. The fourth-order valence-corrected chi connectivity index (χ4v) is 4.74. The Bertz CT molecular complexity index is 1660. The van der Waals surface area contributed by atoms with Crippen LogP contribution in [-0.4, -0.2) is 26.4 Å². The smallest absolute Gasteiger partial charge is 0.429 e. The maximum Gasteiger partial charge on any atom is 0.432 e. The lowest BCUT2D eigenvalue weighted by molar-refractivity contribution is -0.212. The lowest BCUT2D eigenvalue weighted by atomic mass is 10.00. The minimum Gasteiger partial charge on any atom is -0.429 e. The normalized spacial score (nSPS) is 17.0. The van der Waals surface area contributed by atoms with Gasteiger partial charge in [0.2, 0.25) is 0 Å². The maximum atomic E-state index is 15.0. The van der Waals surface area contributed by atoms with Crippen molar-refractivity contribution in [3.63, 3.8) is 0 Å². The zero-order valence-corrected chi connectivity index (χ0v) is 23.3. The second kappa shape index (κ2) is 13.1. The first-order valence-corrected chi connectivity index (χ1v) is 13.5. The van der Waals surface area contributed by atoms with E-state index in [0.717, 1.165) is 18.2 Å². The summed E-state index contributed by atoms with van der Waals surface area (Å²) in [4.78, 5) is 0. The molecule has 1 saturated heterocycles. The van der Waals surface area contributed by atoms with E-state index in [9.17, 15) is 35.1 Å². The predicted octanol–water partition coefficient (Wildman–Crippen LogP) is 8.82. The minimum absolute atomic E-state index is 0.00594. The summed E-state index contributed by atoms with van der Waals surface area (Å²) in [5, 5.41) is 0. The van der Waals surface area contributed by atoms with Crippen LogP contribution in [0.1, 0.15) is 24.3 Å². The molecule has 0 spiro atoms. The van der Waals surface area contributed by atoms with Gasteiger partial charge in [-0.05, 0) is 60.5 Å². The molecule has 0 saturated carbocycles. The summed E-state index contributed by atoms with van der Waals surface area (Å²) >= 11 is 0. The van der Waals surface area contributed by atoms with Gasteiger partial charge in [-0.1, -0.05) is 12.1 Å². The summed E-state index contributed by atoms with van der Waals surface area (Å²) in [5.41, 5.74) is -3.18. The van der Waals surface area contributed by atoms with E-state index in [2.05, 4.69) is 4.74 Å². The second-order valence-corrected chi connectivity index (χ2v) is 10.1. The first-order valence-electron chi connectivity index (χ1n) is 13.5. The number of halogens is 9. The van der Waals surface area contributed by atoms with Gasteiger partial charge in [0, 0.05) is 35.3 Å². The third-order valence-corrected chi connectivity index (χ3v) is 6.92. The van der Waals surface area contributed by atoms with E-state index in [1.54, 1.807) is 0 Å². The number of ether oxygens (including phenoxy) is 4. The zero-order valence-electron chi connectivity index (χ0n) is 23.3. The highest BCUT2D eigenvalue weighted by molar-refractivity contribution is 5.66. The minimum atomic E-state index is -4.69. The third kappa shape index (κ3) is 6.95. The van der Waals surface area contributed by atoms with Crippen LogP contribution in [0.2, 0.25) is 0 Å². The molecule has 4 aromatic carbocycles. The van der Waals surface area contributed by atoms with E-state index in [1.165, 1.54) is 12.1 Å². The van der Waals surface area contributed by atoms with Gasteiger partial charge in [0.05, 0.1) is 19.8 Å². The monoisotopic (exact) mass is 642 g/mol. The fraction of sp³-hybridized carbons (Fsp3) is 0.250. The first-order chi connectivity index (χ1) is 21.4. The molecule has 1 heterocycles. The van der Waals surface area contributed by atoms with Crippen molar-refractivity contribution in [3.05, 3.63) is 113 Å². The SMILES string of the molecule is CCOCC1COC(c2ccc(-c3cc(F)c(C(F)(F)Oc4ccc(-c5cc(F)c(F)c(F)c5)c(F)c4)c(F)c3)c(F)c2)OC1. The van der Waals surface area contributed by atoms with Crippen LogP contribution in [0.3, 0.4) is 0 Å². The second-order valence-electron chi connectivity index (χ2n) is 10.1. The summed E-state index contributed by atoms with van der Waals surface area (Å²) in [5.74, 6) is -11.7. The average molecular weight is 643 g/mol. The van der Waals surface area contributed by atoms with Crippen molar-refractivity contribution in [2.75, 3.05) is 26.4 Å². The lowest BCUT2D eigenvalue weighted by Gasteiger charge is -2.29. The van der Waals surface area contributed by atoms with Gasteiger partial charge in [-0.2, -0.15) is 8.78 Å².